The van der Waals surface area contributed by atoms with Crippen LogP contribution in [0.15, 0.2) is 18.3 Å². The molecule has 4 nitrogen and oxygen atoms in total. The van der Waals surface area contributed by atoms with Crippen LogP contribution in [0.25, 0.3) is 11.0 Å². The first-order chi connectivity index (χ1) is 10.8. The van der Waals surface area contributed by atoms with E-state index in [1.54, 1.807) is 0 Å². The fraction of sp³-hybridized carbons (Fsp3) is 0.400. The third-order valence-electron chi connectivity index (χ3n) is 4.58. The number of carbonyl (C=O) groups excluding carboxylic acids is 1. The summed E-state index contributed by atoms with van der Waals surface area (Å²) in [6.07, 6.45) is -2.64. The highest BCUT2D eigenvalue weighted by Crippen LogP contribution is 2.47. The fourth-order valence-corrected chi connectivity index (χ4v) is 3.81. The quantitative estimate of drug-likeness (QED) is 0.739. The van der Waals surface area contributed by atoms with E-state index in [2.05, 4.69) is 9.97 Å². The molecular weight excluding hydrogens is 331 g/mol. The summed E-state index contributed by atoms with van der Waals surface area (Å²) in [4.78, 5) is 20.9. The van der Waals surface area contributed by atoms with Crippen LogP contribution in [-0.2, 0) is 4.79 Å². The molecule has 0 spiro atoms. The van der Waals surface area contributed by atoms with Gasteiger partial charge in [0, 0.05) is 24.9 Å². The topological polar surface area (TPSA) is 46.1 Å². The molecule has 4 rings (SSSR count). The maximum atomic E-state index is 12.7. The number of likely N-dealkylation sites (tertiary alicyclic amines) is 1. The van der Waals surface area contributed by atoms with Gasteiger partial charge in [0.15, 0.2) is 0 Å². The highest BCUT2D eigenvalue weighted by molar-refractivity contribution is 6.29. The monoisotopic (exact) mass is 341 g/mol. The van der Waals surface area contributed by atoms with Gasteiger partial charge < -0.3 is 4.90 Å². The molecule has 2 bridgehead atoms. The number of fused-ring (bicyclic) bond motifs is 6. The van der Waals surface area contributed by atoms with Crippen molar-refractivity contribution in [3.05, 3.63) is 34.6 Å². The number of hydrogen-bond acceptors (Lipinski definition) is 3. The van der Waals surface area contributed by atoms with Gasteiger partial charge in [0.1, 0.15) is 5.15 Å². The van der Waals surface area contributed by atoms with E-state index in [0.29, 0.717) is 11.0 Å². The molecule has 23 heavy (non-hydrogen) atoms. The van der Waals surface area contributed by atoms with E-state index in [0.717, 1.165) is 22.4 Å². The van der Waals surface area contributed by atoms with Gasteiger partial charge in [0.2, 0.25) is 0 Å². The molecule has 0 unspecified atom stereocenters. The Labute approximate surface area is 134 Å². The second kappa shape index (κ2) is 4.80. The first-order valence-corrected chi connectivity index (χ1v) is 7.53. The minimum atomic E-state index is -4.83. The number of aromatic nitrogens is 2. The fourth-order valence-electron chi connectivity index (χ4n) is 3.67. The Morgan fingerprint density at radius 2 is 1.78 bits per heavy atom. The standard InChI is InChI=1S/C15H11ClF3N3O/c16-13-4-20-11-2-9-7-1-8(10(9)3-12(11)21-13)6-22(5-7)14(23)15(17,18)19/h2-4,7-8H,1,5-6H2/t7-,8+/m1/s1. The van der Waals surface area contributed by atoms with Crippen molar-refractivity contribution in [2.45, 2.75) is 24.4 Å². The molecule has 0 saturated carbocycles. The van der Waals surface area contributed by atoms with Gasteiger partial charge in [-0.2, -0.15) is 13.2 Å². The maximum Gasteiger partial charge on any atom is 0.471 e. The molecule has 120 valence electrons. The van der Waals surface area contributed by atoms with Crippen LogP contribution >= 0.6 is 11.6 Å². The Balaban J connectivity index is 1.73. The van der Waals surface area contributed by atoms with Gasteiger partial charge in [0.05, 0.1) is 17.2 Å². The van der Waals surface area contributed by atoms with Crippen molar-refractivity contribution in [1.29, 1.82) is 0 Å². The van der Waals surface area contributed by atoms with Gasteiger partial charge in [-0.3, -0.25) is 9.78 Å². The number of carbonyl (C=O) groups is 1. The minimum Gasteiger partial charge on any atom is -0.334 e. The van der Waals surface area contributed by atoms with Gasteiger partial charge >= 0.3 is 12.1 Å². The number of benzene rings is 1. The van der Waals surface area contributed by atoms with E-state index in [1.165, 1.54) is 6.20 Å². The molecule has 2 aromatic rings. The smallest absolute Gasteiger partial charge is 0.334 e. The van der Waals surface area contributed by atoms with Crippen LogP contribution in [0.4, 0.5) is 13.2 Å². The highest BCUT2D eigenvalue weighted by atomic mass is 35.5. The number of rotatable bonds is 0. The summed E-state index contributed by atoms with van der Waals surface area (Å²) in [6.45, 7) is 0.176. The minimum absolute atomic E-state index is 0.0847. The third kappa shape index (κ3) is 2.34. The summed E-state index contributed by atoms with van der Waals surface area (Å²) in [7, 11) is 0. The zero-order valence-electron chi connectivity index (χ0n) is 11.8. The highest BCUT2D eigenvalue weighted by Gasteiger charge is 2.47. The number of halogens is 4. The summed E-state index contributed by atoms with van der Waals surface area (Å²) in [5, 5.41) is 0.271. The summed E-state index contributed by atoms with van der Waals surface area (Å²) in [6, 6.07) is 3.70. The average molecular weight is 342 g/mol. The molecule has 1 aliphatic heterocycles. The molecule has 1 saturated heterocycles. The second-order valence-corrected chi connectivity index (χ2v) is 6.39. The molecule has 1 aromatic heterocycles. The van der Waals surface area contributed by atoms with Crippen LogP contribution < -0.4 is 0 Å². The lowest BCUT2D eigenvalue weighted by Gasteiger charge is -2.32. The zero-order chi connectivity index (χ0) is 16.4. The van der Waals surface area contributed by atoms with Gasteiger partial charge in [-0.15, -0.1) is 0 Å². The van der Waals surface area contributed by atoms with Crippen LogP contribution in [0, 0.1) is 0 Å². The van der Waals surface area contributed by atoms with Crippen LogP contribution in [-0.4, -0.2) is 40.0 Å². The Morgan fingerprint density at radius 1 is 1.17 bits per heavy atom. The molecule has 0 radical (unpaired) electrons. The molecule has 1 aromatic carbocycles. The van der Waals surface area contributed by atoms with Crippen molar-refractivity contribution < 1.29 is 18.0 Å². The Hall–Kier alpha value is -1.89. The van der Waals surface area contributed by atoms with Crippen LogP contribution in [0.1, 0.15) is 29.4 Å². The van der Waals surface area contributed by atoms with Crippen LogP contribution in [0.5, 0.6) is 0 Å². The maximum absolute atomic E-state index is 12.7. The molecule has 2 atom stereocenters. The summed E-state index contributed by atoms with van der Waals surface area (Å²) < 4.78 is 38.0. The van der Waals surface area contributed by atoms with Crippen LogP contribution in [0.2, 0.25) is 5.15 Å². The third-order valence-corrected chi connectivity index (χ3v) is 4.76. The van der Waals surface area contributed by atoms with Crippen molar-refractivity contribution in [1.82, 2.24) is 14.9 Å². The van der Waals surface area contributed by atoms with Crippen molar-refractivity contribution in [2.75, 3.05) is 13.1 Å². The van der Waals surface area contributed by atoms with E-state index in [-0.39, 0.29) is 30.1 Å². The van der Waals surface area contributed by atoms with Gasteiger partial charge in [-0.1, -0.05) is 11.6 Å². The van der Waals surface area contributed by atoms with E-state index in [4.69, 9.17) is 11.6 Å². The predicted molar refractivity (Wildman–Crippen MR) is 77.3 cm³/mol. The number of piperidine rings is 1. The normalized spacial score (nSPS) is 23.2. The SMILES string of the molecule is O=C(N1C[C@H]2C[C@@H](C1)c1cc3nc(Cl)cnc3cc12)C(F)(F)F. The number of alkyl halides is 3. The zero-order valence-corrected chi connectivity index (χ0v) is 12.5. The summed E-state index contributed by atoms with van der Waals surface area (Å²) in [5.74, 6) is -1.94. The second-order valence-electron chi connectivity index (χ2n) is 6.00. The molecule has 1 fully saturated rings. The van der Waals surface area contributed by atoms with Crippen molar-refractivity contribution in [3.63, 3.8) is 0 Å². The van der Waals surface area contributed by atoms with Gasteiger partial charge in [-0.05, 0) is 29.7 Å². The summed E-state index contributed by atoms with van der Waals surface area (Å²) in [5.41, 5.74) is 3.21. The van der Waals surface area contributed by atoms with E-state index in [9.17, 15) is 18.0 Å². The van der Waals surface area contributed by atoms with Crippen molar-refractivity contribution >= 4 is 28.5 Å². The lowest BCUT2D eigenvalue weighted by atomic mass is 9.95. The Morgan fingerprint density at radius 3 is 2.39 bits per heavy atom. The largest absolute Gasteiger partial charge is 0.471 e. The molecule has 2 heterocycles. The first-order valence-electron chi connectivity index (χ1n) is 7.15. The molecule has 8 heteroatoms. The van der Waals surface area contributed by atoms with Crippen LogP contribution in [0.3, 0.4) is 0 Å². The number of hydrogen-bond donors (Lipinski definition) is 0. The van der Waals surface area contributed by atoms with Gasteiger partial charge in [-0.25, -0.2) is 4.98 Å². The number of nitrogens with zero attached hydrogens (tertiary/aromatic N) is 3. The first kappa shape index (κ1) is 14.7. The lowest BCUT2D eigenvalue weighted by molar-refractivity contribution is -0.186. The molecular formula is C15H11ClF3N3O. The summed E-state index contributed by atoms with van der Waals surface area (Å²) >= 11 is 5.84. The van der Waals surface area contributed by atoms with E-state index in [1.807, 2.05) is 12.1 Å². The van der Waals surface area contributed by atoms with E-state index >= 15 is 0 Å². The molecule has 2 aliphatic rings. The Kier molecular flexibility index (Phi) is 3.07. The van der Waals surface area contributed by atoms with Crippen molar-refractivity contribution in [3.8, 4) is 0 Å². The number of amides is 1. The predicted octanol–water partition coefficient (Wildman–Crippen LogP) is 3.26. The Bertz CT molecular complexity index is 823. The van der Waals surface area contributed by atoms with Gasteiger partial charge in [0.25, 0.3) is 0 Å². The van der Waals surface area contributed by atoms with E-state index < -0.39 is 12.1 Å². The van der Waals surface area contributed by atoms with Crippen molar-refractivity contribution in [2.24, 2.45) is 0 Å². The lowest BCUT2D eigenvalue weighted by Crippen LogP contribution is -2.46. The molecule has 1 amide bonds. The molecule has 1 aliphatic carbocycles. The molecule has 0 N–H and O–H groups in total. The average Bonchev–Trinajstić information content (AvgIpc) is 2.74.